The van der Waals surface area contributed by atoms with Gasteiger partial charge in [0.2, 0.25) is 10.8 Å². The van der Waals surface area contributed by atoms with Crippen LogP contribution in [-0.2, 0) is 0 Å². The lowest BCUT2D eigenvalue weighted by atomic mass is 10.0. The van der Waals surface area contributed by atoms with E-state index in [0.717, 1.165) is 43.2 Å². The van der Waals surface area contributed by atoms with E-state index in [-0.39, 0.29) is 17.7 Å². The highest BCUT2D eigenvalue weighted by Gasteiger charge is 2.36. The lowest BCUT2D eigenvalue weighted by Crippen LogP contribution is -3.28. The quantitative estimate of drug-likeness (QED) is 0.592. The Morgan fingerprint density at radius 1 is 1.31 bits per heavy atom. The zero-order valence-corrected chi connectivity index (χ0v) is 15.8. The van der Waals surface area contributed by atoms with Gasteiger partial charge in [-0.25, -0.2) is 9.37 Å². The molecule has 8 heteroatoms. The molecule has 138 valence electrons. The van der Waals surface area contributed by atoms with Gasteiger partial charge in [0.25, 0.3) is 0 Å². The molecule has 2 aromatic heterocycles. The monoisotopic (exact) mass is 377 g/mol. The number of halogens is 1. The highest BCUT2D eigenvalue weighted by molar-refractivity contribution is 7.17. The van der Waals surface area contributed by atoms with Crippen molar-refractivity contribution in [2.75, 3.05) is 32.7 Å². The maximum Gasteiger partial charge on any atom is 0.235 e. The molecule has 4 rings (SSSR count). The van der Waals surface area contributed by atoms with Gasteiger partial charge in [0.15, 0.2) is 6.04 Å². The molecule has 3 N–H and O–H groups in total. The van der Waals surface area contributed by atoms with Gasteiger partial charge in [0.1, 0.15) is 42.7 Å². The Kier molecular flexibility index (Phi) is 4.64. The minimum Gasteiger partial charge on any atom is -0.492 e. The molecule has 6 nitrogen and oxygen atoms in total. The molecule has 0 bridgehead atoms. The molecule has 0 aliphatic carbocycles. The summed E-state index contributed by atoms with van der Waals surface area (Å²) < 4.78 is 15.4. The van der Waals surface area contributed by atoms with Gasteiger partial charge in [0.05, 0.1) is 6.54 Å². The number of rotatable bonds is 4. The van der Waals surface area contributed by atoms with E-state index in [4.69, 9.17) is 0 Å². The molecule has 1 fully saturated rings. The second-order valence-corrected chi connectivity index (χ2v) is 7.90. The van der Waals surface area contributed by atoms with Crippen LogP contribution in [0, 0.1) is 12.7 Å². The number of quaternary nitrogens is 2. The van der Waals surface area contributed by atoms with Gasteiger partial charge in [-0.15, -0.1) is 5.10 Å². The first-order valence-corrected chi connectivity index (χ1v) is 9.87. The van der Waals surface area contributed by atoms with Crippen LogP contribution in [0.25, 0.3) is 4.96 Å². The van der Waals surface area contributed by atoms with E-state index in [9.17, 15) is 9.50 Å². The molecule has 0 spiro atoms. The second kappa shape index (κ2) is 6.94. The fourth-order valence-electron chi connectivity index (χ4n) is 3.86. The summed E-state index contributed by atoms with van der Waals surface area (Å²) in [6.07, 6.45) is 0. The van der Waals surface area contributed by atoms with E-state index in [2.05, 4.69) is 17.0 Å². The third kappa shape index (κ3) is 3.08. The summed E-state index contributed by atoms with van der Waals surface area (Å²) in [5.74, 6) is 0.505. The minimum absolute atomic E-state index is 0.113. The molecule has 0 unspecified atom stereocenters. The van der Waals surface area contributed by atoms with Gasteiger partial charge in [-0.2, -0.15) is 4.52 Å². The van der Waals surface area contributed by atoms with E-state index >= 15 is 0 Å². The van der Waals surface area contributed by atoms with Gasteiger partial charge < -0.3 is 14.9 Å². The standard InChI is InChI=1S/C18H22FN5OS/c1-3-22-7-9-23(10-8-22)15(13-5-4-6-14(19)11-13)16-17(25)24-18(26-16)20-12(2)21-24/h4-6,11,15,25H,3,7-10H2,1-2H3/p+2/t15-/m1/s1. The van der Waals surface area contributed by atoms with Gasteiger partial charge in [-0.05, 0) is 26.0 Å². The Hall–Kier alpha value is -2.03. The normalized spacial score (nSPS) is 22.0. The first kappa shape index (κ1) is 17.4. The third-order valence-corrected chi connectivity index (χ3v) is 6.34. The fourth-order valence-corrected chi connectivity index (χ4v) is 5.05. The van der Waals surface area contributed by atoms with Crippen molar-refractivity contribution in [1.82, 2.24) is 14.6 Å². The number of likely N-dealkylation sites (N-methyl/N-ethyl adjacent to an activating group) is 1. The van der Waals surface area contributed by atoms with Gasteiger partial charge in [-0.1, -0.05) is 23.5 Å². The fraction of sp³-hybridized carbons (Fsp3) is 0.444. The molecule has 1 saturated heterocycles. The number of fused-ring (bicyclic) bond motifs is 1. The summed E-state index contributed by atoms with van der Waals surface area (Å²) in [6.45, 7) is 9.27. The van der Waals surface area contributed by atoms with Gasteiger partial charge in [-0.3, -0.25) is 0 Å². The Bertz CT molecular complexity index is 916. The number of benzene rings is 1. The zero-order valence-electron chi connectivity index (χ0n) is 15.0. The molecule has 3 aromatic rings. The minimum atomic E-state index is -0.250. The zero-order chi connectivity index (χ0) is 18.3. The van der Waals surface area contributed by atoms with E-state index in [1.54, 1.807) is 24.0 Å². The van der Waals surface area contributed by atoms with E-state index in [0.29, 0.717) is 10.8 Å². The van der Waals surface area contributed by atoms with Crippen molar-refractivity contribution in [3.8, 4) is 5.88 Å². The third-order valence-electron chi connectivity index (χ3n) is 5.26. The molecule has 0 amide bonds. The predicted molar refractivity (Wildman–Crippen MR) is 97.4 cm³/mol. The summed E-state index contributed by atoms with van der Waals surface area (Å²) in [5.41, 5.74) is 0.886. The summed E-state index contributed by atoms with van der Waals surface area (Å²) in [5, 5.41) is 15.1. The van der Waals surface area contributed by atoms with Crippen LogP contribution >= 0.6 is 11.3 Å². The van der Waals surface area contributed by atoms with Crippen LogP contribution in [0.1, 0.15) is 29.2 Å². The predicted octanol–water partition coefficient (Wildman–Crippen LogP) is -0.163. The average molecular weight is 377 g/mol. The van der Waals surface area contributed by atoms with Crippen LogP contribution in [0.15, 0.2) is 24.3 Å². The summed E-state index contributed by atoms with van der Waals surface area (Å²) in [4.78, 5) is 8.81. The van der Waals surface area contributed by atoms with E-state index in [1.165, 1.54) is 26.8 Å². The number of hydrogen-bond donors (Lipinski definition) is 3. The van der Waals surface area contributed by atoms with E-state index < -0.39 is 0 Å². The lowest BCUT2D eigenvalue weighted by Gasteiger charge is -2.34. The summed E-state index contributed by atoms with van der Waals surface area (Å²) in [6, 6.07) is 6.61. The van der Waals surface area contributed by atoms with Crippen LogP contribution < -0.4 is 9.80 Å². The number of aromatic hydroxyl groups is 1. The van der Waals surface area contributed by atoms with Crippen LogP contribution in [-0.4, -0.2) is 52.4 Å². The topological polar surface area (TPSA) is 59.3 Å². The van der Waals surface area contributed by atoms with Crippen molar-refractivity contribution in [2.24, 2.45) is 0 Å². The van der Waals surface area contributed by atoms with Crippen molar-refractivity contribution >= 4 is 16.3 Å². The van der Waals surface area contributed by atoms with Crippen LogP contribution in [0.3, 0.4) is 0 Å². The molecule has 3 heterocycles. The number of nitrogens with one attached hydrogen (secondary N) is 2. The highest BCUT2D eigenvalue weighted by Crippen LogP contribution is 2.35. The first-order valence-electron chi connectivity index (χ1n) is 9.05. The molecule has 0 radical (unpaired) electrons. The molecular formula is C18H24FN5OS+2. The highest BCUT2D eigenvalue weighted by atomic mass is 32.1. The molecule has 0 saturated carbocycles. The molecule has 1 aliphatic heterocycles. The largest absolute Gasteiger partial charge is 0.492 e. The number of hydrogen-bond acceptors (Lipinski definition) is 4. The summed E-state index contributed by atoms with van der Waals surface area (Å²) in [7, 11) is 0. The Morgan fingerprint density at radius 3 is 2.73 bits per heavy atom. The maximum atomic E-state index is 13.9. The summed E-state index contributed by atoms with van der Waals surface area (Å²) >= 11 is 1.44. The molecular weight excluding hydrogens is 353 g/mol. The number of piperazine rings is 1. The maximum absolute atomic E-state index is 13.9. The number of aromatic nitrogens is 3. The van der Waals surface area contributed by atoms with Crippen molar-refractivity contribution in [3.63, 3.8) is 0 Å². The van der Waals surface area contributed by atoms with Crippen LogP contribution in [0.4, 0.5) is 4.39 Å². The Balaban J connectivity index is 1.77. The second-order valence-electron chi connectivity index (χ2n) is 6.89. The number of nitrogens with zero attached hydrogens (tertiary/aromatic N) is 3. The van der Waals surface area contributed by atoms with Crippen molar-refractivity contribution in [2.45, 2.75) is 19.9 Å². The SMILES string of the molecule is CC[NH+]1CC[NH+]([C@H](c2cccc(F)c2)c2sc3nc(C)nn3c2O)CC1. The van der Waals surface area contributed by atoms with Gasteiger partial charge >= 0.3 is 0 Å². The molecule has 26 heavy (non-hydrogen) atoms. The molecule has 1 aromatic carbocycles. The van der Waals surface area contributed by atoms with Crippen molar-refractivity contribution < 1.29 is 19.3 Å². The van der Waals surface area contributed by atoms with E-state index in [1.807, 2.05) is 6.07 Å². The molecule has 1 atom stereocenters. The number of aryl methyl sites for hydroxylation is 1. The Labute approximate surface area is 155 Å². The van der Waals surface area contributed by atoms with Crippen LogP contribution in [0.2, 0.25) is 0 Å². The lowest BCUT2D eigenvalue weighted by molar-refractivity contribution is -1.02. The van der Waals surface area contributed by atoms with Crippen LogP contribution in [0.5, 0.6) is 5.88 Å². The van der Waals surface area contributed by atoms with Crippen molar-refractivity contribution in [3.05, 3.63) is 46.3 Å². The van der Waals surface area contributed by atoms with Crippen molar-refractivity contribution in [1.29, 1.82) is 0 Å². The average Bonchev–Trinajstić information content (AvgIpc) is 3.14. The van der Waals surface area contributed by atoms with Gasteiger partial charge in [0, 0.05) is 5.56 Å². The smallest absolute Gasteiger partial charge is 0.235 e. The molecule has 1 aliphatic rings. The Morgan fingerprint density at radius 2 is 2.08 bits per heavy atom. The first-order chi connectivity index (χ1) is 12.6. The number of thiazole rings is 1.